The molecule has 0 aromatic carbocycles. The van der Waals surface area contributed by atoms with Crippen LogP contribution in [0, 0.1) is 0 Å². The van der Waals surface area contributed by atoms with Crippen LogP contribution < -0.4 is 0 Å². The fourth-order valence-electron chi connectivity index (χ4n) is 2.51. The maximum Gasteiger partial charge on any atom is 0.0599 e. The Morgan fingerprint density at radius 1 is 0.889 bits per heavy atom. The molecule has 0 aliphatic carbocycles. The Morgan fingerprint density at radius 3 is 1.89 bits per heavy atom. The molecule has 2 aliphatic heterocycles. The van der Waals surface area contributed by atoms with Crippen LogP contribution in [0.3, 0.4) is 0 Å². The van der Waals surface area contributed by atoms with Gasteiger partial charge in [0.05, 0.1) is 13.2 Å². The summed E-state index contributed by atoms with van der Waals surface area (Å²) in [5, 5.41) is 17.6. The first-order chi connectivity index (χ1) is 8.58. The van der Waals surface area contributed by atoms with Gasteiger partial charge in [0.15, 0.2) is 0 Å². The molecule has 0 unspecified atom stereocenters. The topological polar surface area (TPSA) is 50.2 Å². The van der Waals surface area contributed by atoms with E-state index >= 15 is 0 Å². The molecule has 0 saturated carbocycles. The van der Waals surface area contributed by atoms with Crippen LogP contribution in [-0.4, -0.2) is 97.5 Å². The zero-order chi connectivity index (χ0) is 13.5. The average molecular weight is 259 g/mol. The predicted octanol–water partition coefficient (Wildman–Crippen LogP) is -0.703. The van der Waals surface area contributed by atoms with Crippen LogP contribution >= 0.6 is 0 Å². The number of hydrogen-bond acceptors (Lipinski definition) is 5. The standard InChI is InChI=1S/C7H16N2O.C6H13NO/c1-8-3-4-9(2)7(5-8)6-10;1-7-4-2-3-6(7)5-8/h7,10H,3-6H2,1-2H3;6,8H,2-5H2,1H3/t7-;6-/m00/s1. The Kier molecular flexibility index (Phi) is 7.11. The van der Waals surface area contributed by atoms with Gasteiger partial charge in [0.2, 0.25) is 0 Å². The number of hydrogen-bond donors (Lipinski definition) is 2. The molecule has 2 aliphatic rings. The lowest BCUT2D eigenvalue weighted by Gasteiger charge is -2.36. The van der Waals surface area contributed by atoms with Crippen LogP contribution in [0.25, 0.3) is 0 Å². The van der Waals surface area contributed by atoms with Crippen molar-refractivity contribution in [1.29, 1.82) is 0 Å². The van der Waals surface area contributed by atoms with E-state index in [9.17, 15) is 0 Å². The van der Waals surface area contributed by atoms with Gasteiger partial charge in [0.1, 0.15) is 0 Å². The molecule has 0 spiro atoms. The van der Waals surface area contributed by atoms with Crippen LogP contribution in [0.4, 0.5) is 0 Å². The van der Waals surface area contributed by atoms with Crippen LogP contribution in [0.2, 0.25) is 0 Å². The van der Waals surface area contributed by atoms with Crippen LogP contribution in [0.1, 0.15) is 12.8 Å². The lowest BCUT2D eigenvalue weighted by atomic mass is 10.2. The molecule has 108 valence electrons. The summed E-state index contributed by atoms with van der Waals surface area (Å²) >= 11 is 0. The molecule has 0 aromatic rings. The molecule has 2 heterocycles. The molecule has 0 aromatic heterocycles. The van der Waals surface area contributed by atoms with Gasteiger partial charge in [0.25, 0.3) is 0 Å². The van der Waals surface area contributed by atoms with Gasteiger partial charge in [-0.3, -0.25) is 4.90 Å². The van der Waals surface area contributed by atoms with Crippen molar-refractivity contribution < 1.29 is 10.2 Å². The summed E-state index contributed by atoms with van der Waals surface area (Å²) in [6.07, 6.45) is 2.43. The lowest BCUT2D eigenvalue weighted by molar-refractivity contribution is 0.0704. The Hall–Kier alpha value is -0.200. The fraction of sp³-hybridized carbons (Fsp3) is 1.00. The van der Waals surface area contributed by atoms with E-state index in [0.717, 1.165) is 26.2 Å². The van der Waals surface area contributed by atoms with Crippen molar-refractivity contribution in [3.63, 3.8) is 0 Å². The molecule has 2 N–H and O–H groups in total. The number of rotatable bonds is 2. The highest BCUT2D eigenvalue weighted by Crippen LogP contribution is 2.12. The van der Waals surface area contributed by atoms with Gasteiger partial charge in [0, 0.05) is 31.7 Å². The first-order valence-corrected chi connectivity index (χ1v) is 6.89. The Labute approximate surface area is 111 Å². The van der Waals surface area contributed by atoms with E-state index in [1.807, 2.05) is 0 Å². The molecule has 2 fully saturated rings. The molecule has 0 bridgehead atoms. The van der Waals surface area contributed by atoms with E-state index < -0.39 is 0 Å². The summed E-state index contributed by atoms with van der Waals surface area (Å²) < 4.78 is 0. The van der Waals surface area contributed by atoms with Crippen molar-refractivity contribution >= 4 is 0 Å². The minimum Gasteiger partial charge on any atom is -0.395 e. The van der Waals surface area contributed by atoms with Gasteiger partial charge in [-0.15, -0.1) is 0 Å². The van der Waals surface area contributed by atoms with Crippen molar-refractivity contribution in [3.8, 4) is 0 Å². The Bertz CT molecular complexity index is 228. The first kappa shape index (κ1) is 15.9. The largest absolute Gasteiger partial charge is 0.395 e. The van der Waals surface area contributed by atoms with Gasteiger partial charge in [-0.25, -0.2) is 0 Å². The van der Waals surface area contributed by atoms with E-state index in [4.69, 9.17) is 10.2 Å². The maximum atomic E-state index is 8.91. The second kappa shape index (κ2) is 8.07. The zero-order valence-electron chi connectivity index (χ0n) is 12.0. The summed E-state index contributed by atoms with van der Waals surface area (Å²) in [6.45, 7) is 4.95. The van der Waals surface area contributed by atoms with Crippen LogP contribution in [-0.2, 0) is 0 Å². The van der Waals surface area contributed by atoms with E-state index in [1.54, 1.807) is 0 Å². The molecule has 2 rings (SSSR count). The van der Waals surface area contributed by atoms with Gasteiger partial charge < -0.3 is 20.0 Å². The number of nitrogens with zero attached hydrogens (tertiary/aromatic N) is 3. The number of aliphatic hydroxyl groups excluding tert-OH is 2. The maximum absolute atomic E-state index is 8.91. The van der Waals surface area contributed by atoms with Gasteiger partial charge >= 0.3 is 0 Å². The van der Waals surface area contributed by atoms with E-state index in [-0.39, 0.29) is 6.61 Å². The molecular weight excluding hydrogens is 230 g/mol. The Morgan fingerprint density at radius 2 is 1.50 bits per heavy atom. The molecule has 5 heteroatoms. The van der Waals surface area contributed by atoms with Crippen LogP contribution in [0.15, 0.2) is 0 Å². The van der Waals surface area contributed by atoms with E-state index in [0.29, 0.717) is 18.7 Å². The highest BCUT2D eigenvalue weighted by molar-refractivity contribution is 4.77. The number of piperazine rings is 1. The highest BCUT2D eigenvalue weighted by atomic mass is 16.3. The van der Waals surface area contributed by atoms with Gasteiger partial charge in [-0.1, -0.05) is 0 Å². The average Bonchev–Trinajstić information content (AvgIpc) is 2.78. The van der Waals surface area contributed by atoms with Gasteiger partial charge in [-0.2, -0.15) is 0 Å². The quantitative estimate of drug-likeness (QED) is 0.687. The molecule has 0 radical (unpaired) electrons. The molecule has 2 atom stereocenters. The van der Waals surface area contributed by atoms with Crippen LogP contribution in [0.5, 0.6) is 0 Å². The minimum atomic E-state index is 0.279. The Balaban J connectivity index is 0.000000184. The third kappa shape index (κ3) is 4.82. The van der Waals surface area contributed by atoms with Crippen molar-refractivity contribution in [2.45, 2.75) is 24.9 Å². The third-order valence-electron chi connectivity index (χ3n) is 4.07. The van der Waals surface area contributed by atoms with Crippen molar-refractivity contribution in [2.75, 3.05) is 60.5 Å². The minimum absolute atomic E-state index is 0.279. The summed E-state index contributed by atoms with van der Waals surface area (Å²) in [7, 11) is 6.22. The SMILES string of the molecule is CN1CCC[C@H]1CO.CN1CCN(C)[C@H](CO)C1. The molecule has 5 nitrogen and oxygen atoms in total. The van der Waals surface area contributed by atoms with Crippen molar-refractivity contribution in [3.05, 3.63) is 0 Å². The fourth-order valence-corrected chi connectivity index (χ4v) is 2.51. The smallest absolute Gasteiger partial charge is 0.0599 e. The lowest BCUT2D eigenvalue weighted by Crippen LogP contribution is -2.51. The second-order valence-corrected chi connectivity index (χ2v) is 5.54. The summed E-state index contributed by atoms with van der Waals surface area (Å²) in [4.78, 5) is 6.67. The predicted molar refractivity (Wildman–Crippen MR) is 73.7 cm³/mol. The van der Waals surface area contributed by atoms with E-state index in [2.05, 4.69) is 35.8 Å². The highest BCUT2D eigenvalue weighted by Gasteiger charge is 2.20. The zero-order valence-corrected chi connectivity index (χ0v) is 12.0. The second-order valence-electron chi connectivity index (χ2n) is 5.54. The number of aliphatic hydroxyl groups is 2. The molecule has 0 amide bonds. The first-order valence-electron chi connectivity index (χ1n) is 6.89. The molecule has 2 saturated heterocycles. The normalized spacial score (nSPS) is 31.2. The van der Waals surface area contributed by atoms with Crippen molar-refractivity contribution in [1.82, 2.24) is 14.7 Å². The van der Waals surface area contributed by atoms with Crippen molar-refractivity contribution in [2.24, 2.45) is 0 Å². The number of likely N-dealkylation sites (tertiary alicyclic amines) is 1. The summed E-state index contributed by atoms with van der Waals surface area (Å²) in [5.41, 5.74) is 0. The summed E-state index contributed by atoms with van der Waals surface area (Å²) in [5.74, 6) is 0. The molecule has 18 heavy (non-hydrogen) atoms. The molecular formula is C13H29N3O2. The van der Waals surface area contributed by atoms with Gasteiger partial charge in [-0.05, 0) is 40.5 Å². The summed E-state index contributed by atoms with van der Waals surface area (Å²) in [6, 6.07) is 0.800. The third-order valence-corrected chi connectivity index (χ3v) is 4.07. The monoisotopic (exact) mass is 259 g/mol. The van der Waals surface area contributed by atoms with E-state index in [1.165, 1.54) is 12.8 Å². The number of likely N-dealkylation sites (N-methyl/N-ethyl adjacent to an activating group) is 3.